The van der Waals surface area contributed by atoms with Crippen LogP contribution in [0.1, 0.15) is 23.2 Å². The van der Waals surface area contributed by atoms with Crippen molar-refractivity contribution in [2.45, 2.75) is 17.7 Å². The monoisotopic (exact) mass is 488 g/mol. The molecule has 1 atom stereocenters. The predicted octanol–water partition coefficient (Wildman–Crippen LogP) is 3.74. The van der Waals surface area contributed by atoms with Crippen LogP contribution in [0.4, 0.5) is 5.00 Å². The van der Waals surface area contributed by atoms with Crippen molar-refractivity contribution in [1.29, 1.82) is 0 Å². The van der Waals surface area contributed by atoms with E-state index in [2.05, 4.69) is 5.32 Å². The van der Waals surface area contributed by atoms with E-state index < -0.39 is 21.9 Å². The molecule has 0 spiro atoms. The minimum absolute atomic E-state index is 0.0681. The summed E-state index contributed by atoms with van der Waals surface area (Å²) in [6.45, 7) is 0.410. The van der Waals surface area contributed by atoms with Crippen LogP contribution < -0.4 is 10.1 Å². The summed E-state index contributed by atoms with van der Waals surface area (Å²) in [6, 6.07) is 13.5. The summed E-state index contributed by atoms with van der Waals surface area (Å²) in [4.78, 5) is 25.6. The first-order chi connectivity index (χ1) is 15.8. The number of methoxy groups -OCH3 is 2. The molecule has 1 fully saturated rings. The zero-order chi connectivity index (χ0) is 23.6. The van der Waals surface area contributed by atoms with Gasteiger partial charge in [0.05, 0.1) is 25.0 Å². The number of carbonyl (C=O) groups excluding carboxylic acids is 2. The molecule has 1 N–H and O–H groups in total. The fourth-order valence-electron chi connectivity index (χ4n) is 3.92. The van der Waals surface area contributed by atoms with Crippen LogP contribution in [0.25, 0.3) is 10.1 Å². The number of nitrogens with zero attached hydrogens (tertiary/aromatic N) is 1. The van der Waals surface area contributed by atoms with E-state index in [1.807, 2.05) is 18.2 Å². The first-order valence-electron chi connectivity index (χ1n) is 10.4. The third-order valence-electron chi connectivity index (χ3n) is 5.67. The number of piperidine rings is 1. The average molecular weight is 489 g/mol. The number of hydrogen-bond acceptors (Lipinski definition) is 7. The Balaban J connectivity index is 1.54. The van der Waals surface area contributed by atoms with Crippen molar-refractivity contribution in [3.8, 4) is 5.75 Å². The molecule has 0 radical (unpaired) electrons. The van der Waals surface area contributed by atoms with Gasteiger partial charge in [-0.3, -0.25) is 4.79 Å². The van der Waals surface area contributed by atoms with Crippen LogP contribution in [0, 0.1) is 5.92 Å². The number of fused-ring (bicyclic) bond motifs is 1. The van der Waals surface area contributed by atoms with E-state index >= 15 is 0 Å². The van der Waals surface area contributed by atoms with Crippen LogP contribution in [0.2, 0.25) is 0 Å². The van der Waals surface area contributed by atoms with Crippen LogP contribution in [-0.2, 0) is 19.6 Å². The molecule has 1 unspecified atom stereocenters. The zero-order valence-electron chi connectivity index (χ0n) is 18.2. The van der Waals surface area contributed by atoms with Gasteiger partial charge in [-0.05, 0) is 43.2 Å². The molecular weight excluding hydrogens is 464 g/mol. The average Bonchev–Trinajstić information content (AvgIpc) is 3.21. The number of carbonyl (C=O) groups is 2. The summed E-state index contributed by atoms with van der Waals surface area (Å²) in [5.41, 5.74) is 0.310. The lowest BCUT2D eigenvalue weighted by Crippen LogP contribution is -2.43. The highest BCUT2D eigenvalue weighted by atomic mass is 32.2. The highest BCUT2D eigenvalue weighted by Crippen LogP contribution is 2.37. The summed E-state index contributed by atoms with van der Waals surface area (Å²) in [7, 11) is -0.938. The molecule has 1 saturated heterocycles. The van der Waals surface area contributed by atoms with Gasteiger partial charge in [0, 0.05) is 23.2 Å². The number of esters is 1. The van der Waals surface area contributed by atoms with Crippen LogP contribution in [0.15, 0.2) is 53.4 Å². The Morgan fingerprint density at radius 3 is 2.52 bits per heavy atom. The van der Waals surface area contributed by atoms with Crippen LogP contribution in [-0.4, -0.2) is 51.9 Å². The molecule has 2 heterocycles. The molecule has 1 aromatic heterocycles. The highest BCUT2D eigenvalue weighted by Gasteiger charge is 2.34. The summed E-state index contributed by atoms with van der Waals surface area (Å²) >= 11 is 1.29. The summed E-state index contributed by atoms with van der Waals surface area (Å²) < 4.78 is 38.4. The van der Waals surface area contributed by atoms with E-state index in [9.17, 15) is 18.0 Å². The van der Waals surface area contributed by atoms with Gasteiger partial charge in [-0.2, -0.15) is 4.31 Å². The Kier molecular flexibility index (Phi) is 6.68. The number of thiophene rings is 1. The second kappa shape index (κ2) is 9.50. The van der Waals surface area contributed by atoms with E-state index in [0.717, 1.165) is 4.70 Å². The molecule has 2 aromatic carbocycles. The van der Waals surface area contributed by atoms with Crippen molar-refractivity contribution in [2.24, 2.45) is 5.92 Å². The molecule has 1 aliphatic heterocycles. The molecular formula is C23H24N2O6S2. The maximum absolute atomic E-state index is 13.1. The Bertz CT molecular complexity index is 1280. The molecule has 0 saturated carbocycles. The number of sulfonamides is 1. The molecule has 8 nitrogen and oxygen atoms in total. The van der Waals surface area contributed by atoms with Crippen molar-refractivity contribution < 1.29 is 27.5 Å². The Morgan fingerprint density at radius 1 is 1.09 bits per heavy atom. The fourth-order valence-corrected chi connectivity index (χ4v) is 6.54. The van der Waals surface area contributed by atoms with E-state index in [-0.39, 0.29) is 17.3 Å². The molecule has 1 amide bonds. The van der Waals surface area contributed by atoms with E-state index in [1.54, 1.807) is 18.2 Å². The van der Waals surface area contributed by atoms with Crippen molar-refractivity contribution in [1.82, 2.24) is 4.31 Å². The minimum atomic E-state index is -3.75. The number of anilines is 1. The summed E-state index contributed by atoms with van der Waals surface area (Å²) in [5, 5.41) is 3.96. The Hall–Kier alpha value is -2.95. The normalized spacial score (nSPS) is 17.0. The van der Waals surface area contributed by atoms with Gasteiger partial charge in [0.1, 0.15) is 16.3 Å². The van der Waals surface area contributed by atoms with Crippen molar-refractivity contribution in [3.63, 3.8) is 0 Å². The zero-order valence-corrected chi connectivity index (χ0v) is 19.9. The number of hydrogen-bond donors (Lipinski definition) is 1. The van der Waals surface area contributed by atoms with Gasteiger partial charge >= 0.3 is 5.97 Å². The van der Waals surface area contributed by atoms with Gasteiger partial charge in [-0.1, -0.05) is 18.2 Å². The lowest BCUT2D eigenvalue weighted by atomic mass is 9.99. The highest BCUT2D eigenvalue weighted by molar-refractivity contribution is 7.89. The van der Waals surface area contributed by atoms with Crippen LogP contribution in [0.3, 0.4) is 0 Å². The smallest absolute Gasteiger partial charge is 0.341 e. The van der Waals surface area contributed by atoms with Crippen molar-refractivity contribution >= 4 is 48.3 Å². The summed E-state index contributed by atoms with van der Waals surface area (Å²) in [5.74, 6) is -0.825. The molecule has 3 aromatic rings. The number of benzene rings is 2. The van der Waals surface area contributed by atoms with Crippen LogP contribution >= 0.6 is 11.3 Å². The third-order valence-corrected chi connectivity index (χ3v) is 8.64. The van der Waals surface area contributed by atoms with Gasteiger partial charge in [0.25, 0.3) is 0 Å². The Labute approximate surface area is 196 Å². The number of ether oxygens (including phenoxy) is 2. The maximum Gasteiger partial charge on any atom is 0.341 e. The van der Waals surface area contributed by atoms with Gasteiger partial charge in [-0.25, -0.2) is 13.2 Å². The van der Waals surface area contributed by atoms with E-state index in [0.29, 0.717) is 41.1 Å². The minimum Gasteiger partial charge on any atom is -0.497 e. The first-order valence-corrected chi connectivity index (χ1v) is 12.7. The van der Waals surface area contributed by atoms with E-state index in [1.165, 1.54) is 42.0 Å². The quantitative estimate of drug-likeness (QED) is 0.531. The second-order valence-electron chi connectivity index (χ2n) is 7.66. The SMILES string of the molecule is COC(=O)c1c(NC(=O)C2CCCN(S(=O)(=O)c3ccc(OC)cc3)C2)sc2ccccc12. The van der Waals surface area contributed by atoms with Crippen molar-refractivity contribution in [3.05, 3.63) is 54.1 Å². The largest absolute Gasteiger partial charge is 0.497 e. The standard InChI is InChI=1S/C23H24N2O6S2/c1-30-16-9-11-17(12-10-16)33(28,29)25-13-5-6-15(14-25)21(26)24-22-20(23(27)31-2)18-7-3-4-8-19(18)32-22/h3-4,7-12,15H,5-6,13-14H2,1-2H3,(H,24,26). The van der Waals surface area contributed by atoms with Gasteiger partial charge in [0.15, 0.2) is 0 Å². The third kappa shape index (κ3) is 4.59. The molecule has 4 rings (SSSR count). The first kappa shape index (κ1) is 23.2. The van der Waals surface area contributed by atoms with Crippen LogP contribution in [0.5, 0.6) is 5.75 Å². The van der Waals surface area contributed by atoms with E-state index in [4.69, 9.17) is 9.47 Å². The van der Waals surface area contributed by atoms with Gasteiger partial charge in [-0.15, -0.1) is 11.3 Å². The lowest BCUT2D eigenvalue weighted by Gasteiger charge is -2.31. The topological polar surface area (TPSA) is 102 Å². The van der Waals surface area contributed by atoms with Gasteiger partial charge in [0.2, 0.25) is 15.9 Å². The molecule has 1 aliphatic rings. The number of rotatable bonds is 6. The fraction of sp³-hybridized carbons (Fsp3) is 0.304. The molecule has 33 heavy (non-hydrogen) atoms. The predicted molar refractivity (Wildman–Crippen MR) is 126 cm³/mol. The lowest BCUT2D eigenvalue weighted by molar-refractivity contribution is -0.120. The number of nitrogens with one attached hydrogen (secondary N) is 1. The Morgan fingerprint density at radius 2 is 1.82 bits per heavy atom. The molecule has 10 heteroatoms. The maximum atomic E-state index is 13.1. The van der Waals surface area contributed by atoms with Gasteiger partial charge < -0.3 is 14.8 Å². The second-order valence-corrected chi connectivity index (χ2v) is 10.7. The number of amides is 1. The molecule has 0 aliphatic carbocycles. The molecule has 174 valence electrons. The molecule has 0 bridgehead atoms. The summed E-state index contributed by atoms with van der Waals surface area (Å²) in [6.07, 6.45) is 1.11. The van der Waals surface area contributed by atoms with Crippen molar-refractivity contribution in [2.75, 3.05) is 32.6 Å².